The summed E-state index contributed by atoms with van der Waals surface area (Å²) in [7, 11) is 0. The van der Waals surface area contributed by atoms with E-state index in [9.17, 15) is 9.59 Å². The van der Waals surface area contributed by atoms with Crippen molar-refractivity contribution in [3.05, 3.63) is 21.3 Å². The number of amides is 2. The maximum absolute atomic E-state index is 11.3. The fraction of sp³-hybridized carbons (Fsp3) is 0.333. The highest BCUT2D eigenvalue weighted by Gasteiger charge is 2.18. The van der Waals surface area contributed by atoms with Crippen molar-refractivity contribution in [2.45, 2.75) is 12.6 Å². The summed E-state index contributed by atoms with van der Waals surface area (Å²) in [4.78, 5) is 22.6. The number of rotatable bonds is 5. The number of urea groups is 1. The van der Waals surface area contributed by atoms with E-state index in [1.54, 1.807) is 12.1 Å². The van der Waals surface area contributed by atoms with Crippen LogP contribution < -0.4 is 10.6 Å². The minimum Gasteiger partial charge on any atom is -0.480 e. The first-order valence-electron chi connectivity index (χ1n) is 4.65. The Morgan fingerprint density at radius 1 is 1.47 bits per heavy atom. The van der Waals surface area contributed by atoms with E-state index in [1.165, 1.54) is 11.3 Å². The Hall–Kier alpha value is -1.31. The van der Waals surface area contributed by atoms with Gasteiger partial charge in [-0.15, -0.1) is 11.3 Å². The molecular formula is C9H11ClN2O4S. The van der Waals surface area contributed by atoms with Crippen LogP contribution in [0, 0.1) is 0 Å². The molecule has 1 aromatic rings. The molecule has 1 heterocycles. The summed E-state index contributed by atoms with van der Waals surface area (Å²) >= 11 is 7.02. The smallest absolute Gasteiger partial charge is 0.328 e. The standard InChI is InChI=1S/C9H11ClN2O4S/c10-7-2-1-5(17-7)3-11-9(16)12-6(4-13)8(14)15/h1-2,6,13H,3-4H2,(H,14,15)(H2,11,12,16)/t6-/m0/s1. The van der Waals surface area contributed by atoms with E-state index >= 15 is 0 Å². The van der Waals surface area contributed by atoms with Gasteiger partial charge in [0.2, 0.25) is 0 Å². The van der Waals surface area contributed by atoms with Gasteiger partial charge in [-0.25, -0.2) is 9.59 Å². The van der Waals surface area contributed by atoms with E-state index in [0.29, 0.717) is 4.34 Å². The number of carbonyl (C=O) groups excluding carboxylic acids is 1. The van der Waals surface area contributed by atoms with Gasteiger partial charge in [0.1, 0.15) is 0 Å². The van der Waals surface area contributed by atoms with Crippen LogP contribution >= 0.6 is 22.9 Å². The van der Waals surface area contributed by atoms with E-state index in [1.807, 2.05) is 0 Å². The molecule has 6 nitrogen and oxygen atoms in total. The highest BCUT2D eigenvalue weighted by atomic mass is 35.5. The van der Waals surface area contributed by atoms with Crippen molar-refractivity contribution < 1.29 is 19.8 Å². The third kappa shape index (κ3) is 4.59. The van der Waals surface area contributed by atoms with Crippen LogP contribution in [0.15, 0.2) is 12.1 Å². The monoisotopic (exact) mass is 278 g/mol. The van der Waals surface area contributed by atoms with Crippen molar-refractivity contribution in [1.82, 2.24) is 10.6 Å². The second-order valence-electron chi connectivity index (χ2n) is 3.11. The van der Waals surface area contributed by atoms with Gasteiger partial charge < -0.3 is 20.8 Å². The van der Waals surface area contributed by atoms with Gasteiger partial charge in [0.15, 0.2) is 6.04 Å². The number of thiophene rings is 1. The molecule has 0 aromatic carbocycles. The SMILES string of the molecule is O=C(NCc1ccc(Cl)s1)N[C@@H](CO)C(=O)O. The number of carboxylic acids is 1. The summed E-state index contributed by atoms with van der Waals surface area (Å²) in [6.45, 7) is -0.408. The lowest BCUT2D eigenvalue weighted by atomic mass is 10.3. The number of aliphatic hydroxyl groups excluding tert-OH is 1. The molecule has 17 heavy (non-hydrogen) atoms. The highest BCUT2D eigenvalue weighted by Crippen LogP contribution is 2.20. The topological polar surface area (TPSA) is 98.7 Å². The Kier molecular flexibility index (Phi) is 5.20. The molecule has 0 unspecified atom stereocenters. The van der Waals surface area contributed by atoms with Crippen molar-refractivity contribution in [3.8, 4) is 0 Å². The maximum Gasteiger partial charge on any atom is 0.328 e. The second kappa shape index (κ2) is 6.43. The van der Waals surface area contributed by atoms with E-state index < -0.39 is 24.6 Å². The summed E-state index contributed by atoms with van der Waals surface area (Å²) in [5.74, 6) is -1.29. The molecule has 1 atom stereocenters. The van der Waals surface area contributed by atoms with Crippen molar-refractivity contribution in [1.29, 1.82) is 0 Å². The van der Waals surface area contributed by atoms with E-state index in [0.717, 1.165) is 4.88 Å². The lowest BCUT2D eigenvalue weighted by molar-refractivity contribution is -0.140. The predicted octanol–water partition coefficient (Wildman–Crippen LogP) is 0.646. The number of aliphatic carboxylic acids is 1. The van der Waals surface area contributed by atoms with Crippen LogP contribution in [-0.4, -0.2) is 34.9 Å². The van der Waals surface area contributed by atoms with E-state index in [2.05, 4.69) is 10.6 Å². The molecular weight excluding hydrogens is 268 g/mol. The van der Waals surface area contributed by atoms with E-state index in [4.69, 9.17) is 21.8 Å². The molecule has 1 rings (SSSR count). The molecule has 0 bridgehead atoms. The number of nitrogens with one attached hydrogen (secondary N) is 2. The van der Waals surface area contributed by atoms with Crippen LogP contribution in [-0.2, 0) is 11.3 Å². The minimum absolute atomic E-state index is 0.251. The molecule has 2 amide bonds. The molecule has 0 saturated carbocycles. The van der Waals surface area contributed by atoms with Gasteiger partial charge in [0.25, 0.3) is 0 Å². The minimum atomic E-state index is -1.30. The Bertz CT molecular complexity index is 409. The normalized spacial score (nSPS) is 11.9. The zero-order valence-corrected chi connectivity index (χ0v) is 10.2. The van der Waals surface area contributed by atoms with Crippen LogP contribution in [0.3, 0.4) is 0 Å². The summed E-state index contributed by atoms with van der Waals surface area (Å²) in [5, 5.41) is 21.9. The first kappa shape index (κ1) is 13.8. The molecule has 4 N–H and O–H groups in total. The third-order valence-corrected chi connectivity index (χ3v) is 3.07. The first-order chi connectivity index (χ1) is 8.02. The van der Waals surface area contributed by atoms with Gasteiger partial charge in [-0.2, -0.15) is 0 Å². The highest BCUT2D eigenvalue weighted by molar-refractivity contribution is 7.16. The quantitative estimate of drug-likeness (QED) is 0.635. The summed E-state index contributed by atoms with van der Waals surface area (Å²) in [5.41, 5.74) is 0. The zero-order chi connectivity index (χ0) is 12.8. The van der Waals surface area contributed by atoms with Crippen LogP contribution in [0.25, 0.3) is 0 Å². The maximum atomic E-state index is 11.3. The Balaban J connectivity index is 2.37. The Labute approximate surface area is 106 Å². The third-order valence-electron chi connectivity index (χ3n) is 1.84. The van der Waals surface area contributed by atoms with Gasteiger partial charge in [-0.05, 0) is 12.1 Å². The number of hydrogen-bond donors (Lipinski definition) is 4. The fourth-order valence-corrected chi connectivity index (χ4v) is 2.04. The summed E-state index contributed by atoms with van der Waals surface area (Å²) < 4.78 is 0.612. The fourth-order valence-electron chi connectivity index (χ4n) is 1.01. The molecule has 0 saturated heterocycles. The Morgan fingerprint density at radius 3 is 2.65 bits per heavy atom. The summed E-state index contributed by atoms with van der Waals surface area (Å²) in [6, 6.07) is 1.50. The average molecular weight is 279 g/mol. The zero-order valence-electron chi connectivity index (χ0n) is 8.64. The first-order valence-corrected chi connectivity index (χ1v) is 5.84. The molecule has 0 spiro atoms. The number of carboxylic acid groups (broad SMARTS) is 1. The molecule has 8 heteroatoms. The van der Waals surface area contributed by atoms with Gasteiger partial charge in [0, 0.05) is 4.88 Å². The van der Waals surface area contributed by atoms with Crippen molar-refractivity contribution in [2.75, 3.05) is 6.61 Å². The number of hydrogen-bond acceptors (Lipinski definition) is 4. The second-order valence-corrected chi connectivity index (χ2v) is 4.91. The van der Waals surface area contributed by atoms with Gasteiger partial charge in [0.05, 0.1) is 17.5 Å². The van der Waals surface area contributed by atoms with Crippen molar-refractivity contribution >= 4 is 34.9 Å². The number of aliphatic hydroxyl groups is 1. The van der Waals surface area contributed by atoms with Crippen molar-refractivity contribution in [3.63, 3.8) is 0 Å². The average Bonchev–Trinajstić information content (AvgIpc) is 2.68. The van der Waals surface area contributed by atoms with E-state index in [-0.39, 0.29) is 6.54 Å². The van der Waals surface area contributed by atoms with Gasteiger partial charge in [-0.1, -0.05) is 11.6 Å². The molecule has 0 fully saturated rings. The van der Waals surface area contributed by atoms with Gasteiger partial charge >= 0.3 is 12.0 Å². The van der Waals surface area contributed by atoms with Gasteiger partial charge in [-0.3, -0.25) is 0 Å². The van der Waals surface area contributed by atoms with Crippen molar-refractivity contribution in [2.24, 2.45) is 0 Å². The lowest BCUT2D eigenvalue weighted by Gasteiger charge is -2.11. The molecule has 1 aromatic heterocycles. The molecule has 0 radical (unpaired) electrons. The summed E-state index contributed by atoms with van der Waals surface area (Å²) in [6.07, 6.45) is 0. The van der Waals surface area contributed by atoms with Crippen LogP contribution in [0.2, 0.25) is 4.34 Å². The molecule has 0 aliphatic rings. The Morgan fingerprint density at radius 2 is 2.18 bits per heavy atom. The lowest BCUT2D eigenvalue weighted by Crippen LogP contribution is -2.47. The van der Waals surface area contributed by atoms with Crippen LogP contribution in [0.5, 0.6) is 0 Å². The molecule has 0 aliphatic carbocycles. The van der Waals surface area contributed by atoms with Crippen LogP contribution in [0.1, 0.15) is 4.88 Å². The predicted molar refractivity (Wildman–Crippen MR) is 63.2 cm³/mol. The largest absolute Gasteiger partial charge is 0.480 e. The molecule has 94 valence electrons. The number of halogens is 1. The number of carbonyl (C=O) groups is 2. The van der Waals surface area contributed by atoms with Crippen LogP contribution in [0.4, 0.5) is 4.79 Å². The molecule has 0 aliphatic heterocycles.